The number of hydrogen-bond acceptors (Lipinski definition) is 7. The quantitative estimate of drug-likeness (QED) is 0.573. The van der Waals surface area contributed by atoms with E-state index in [4.69, 9.17) is 4.74 Å². The minimum absolute atomic E-state index is 0.0867. The normalized spacial score (nSPS) is 18.2. The summed E-state index contributed by atoms with van der Waals surface area (Å²) in [6, 6.07) is 0. The van der Waals surface area contributed by atoms with Crippen molar-refractivity contribution in [3.63, 3.8) is 0 Å². The van der Waals surface area contributed by atoms with Gasteiger partial charge in [-0.1, -0.05) is 0 Å². The van der Waals surface area contributed by atoms with E-state index in [0.29, 0.717) is 27.8 Å². The maximum Gasteiger partial charge on any atom is 0.511 e. The van der Waals surface area contributed by atoms with Crippen molar-refractivity contribution in [2.45, 2.75) is 38.4 Å². The highest BCUT2D eigenvalue weighted by molar-refractivity contribution is 7.90. The van der Waals surface area contributed by atoms with Gasteiger partial charge in [-0.2, -0.15) is 27.6 Å². The highest BCUT2D eigenvalue weighted by Crippen LogP contribution is 2.32. The van der Waals surface area contributed by atoms with Gasteiger partial charge in [0.1, 0.15) is 18.3 Å². The highest BCUT2D eigenvalue weighted by atomic mass is 32.2. The Morgan fingerprint density at radius 2 is 2.03 bits per heavy atom. The Balaban J connectivity index is 1.63. The summed E-state index contributed by atoms with van der Waals surface area (Å²) in [6.07, 6.45) is 2.28. The molecule has 0 saturated carbocycles. The summed E-state index contributed by atoms with van der Waals surface area (Å²) in [5.74, 6) is 0.675. The summed E-state index contributed by atoms with van der Waals surface area (Å²) in [5, 5.41) is 4.32. The molecule has 1 fully saturated rings. The topological polar surface area (TPSA) is 108 Å². The zero-order valence-electron chi connectivity index (χ0n) is 17.0. The summed E-state index contributed by atoms with van der Waals surface area (Å²) >= 11 is 0. The number of aromatic nitrogens is 6. The van der Waals surface area contributed by atoms with Crippen LogP contribution in [0.3, 0.4) is 0 Å². The smallest absolute Gasteiger partial charge is 0.471 e. The first kappa shape index (κ1) is 21.5. The molecular weight excluding hydrogens is 439 g/mol. The standard InChI is InChI=1S/C17H20F3N7O3S/c1-4-27-10(2)12(7-23-27)14-24-13-15(25(14)3)21-9-22-16(13)30-11-5-6-26(8-11)31(28,29)17(18,19)20/h7,9,11H,4-6,8H2,1-3H3/t11-/m0/s1. The van der Waals surface area contributed by atoms with Crippen LogP contribution in [-0.4, -0.2) is 66.7 Å². The molecule has 0 bridgehead atoms. The molecule has 0 aromatic carbocycles. The molecule has 1 aliphatic rings. The first-order valence-corrected chi connectivity index (χ1v) is 10.9. The fourth-order valence-corrected chi connectivity index (χ4v) is 4.61. The largest absolute Gasteiger partial charge is 0.511 e. The van der Waals surface area contributed by atoms with Crippen molar-refractivity contribution in [3.8, 4) is 17.3 Å². The van der Waals surface area contributed by atoms with Crippen LogP contribution in [0.4, 0.5) is 13.2 Å². The van der Waals surface area contributed by atoms with Gasteiger partial charge >= 0.3 is 15.5 Å². The van der Waals surface area contributed by atoms with Gasteiger partial charge in [0.25, 0.3) is 0 Å². The van der Waals surface area contributed by atoms with Gasteiger partial charge in [-0.25, -0.2) is 18.4 Å². The molecule has 1 aliphatic heterocycles. The van der Waals surface area contributed by atoms with E-state index >= 15 is 0 Å². The molecule has 4 rings (SSSR count). The average Bonchev–Trinajstić information content (AvgIpc) is 3.40. The molecule has 0 radical (unpaired) electrons. The molecule has 1 atom stereocenters. The lowest BCUT2D eigenvalue weighted by Gasteiger charge is -2.18. The van der Waals surface area contributed by atoms with Gasteiger partial charge in [0.2, 0.25) is 5.88 Å². The van der Waals surface area contributed by atoms with E-state index in [1.807, 2.05) is 18.5 Å². The number of fused-ring (bicyclic) bond motifs is 1. The van der Waals surface area contributed by atoms with Gasteiger partial charge in [-0.3, -0.25) is 4.68 Å². The summed E-state index contributed by atoms with van der Waals surface area (Å²) in [7, 11) is -3.62. The molecule has 4 heterocycles. The lowest BCUT2D eigenvalue weighted by molar-refractivity contribution is -0.0485. The molecule has 0 spiro atoms. The molecule has 3 aromatic rings. The van der Waals surface area contributed by atoms with Gasteiger partial charge in [-0.05, 0) is 20.3 Å². The lowest BCUT2D eigenvalue weighted by atomic mass is 10.2. The Kier molecular flexibility index (Phi) is 5.16. The third kappa shape index (κ3) is 3.52. The molecule has 0 unspecified atom stereocenters. The van der Waals surface area contributed by atoms with E-state index in [1.165, 1.54) is 6.33 Å². The molecule has 14 heteroatoms. The minimum Gasteiger partial charge on any atom is -0.471 e. The number of sulfonamides is 1. The molecule has 3 aromatic heterocycles. The number of aryl methyl sites for hydroxylation is 2. The molecule has 0 amide bonds. The van der Waals surface area contributed by atoms with Crippen LogP contribution in [0.2, 0.25) is 0 Å². The second kappa shape index (κ2) is 7.44. The van der Waals surface area contributed by atoms with Crippen molar-refractivity contribution in [1.29, 1.82) is 0 Å². The number of ether oxygens (including phenoxy) is 1. The Bertz CT molecular complexity index is 1240. The van der Waals surface area contributed by atoms with Crippen molar-refractivity contribution in [2.24, 2.45) is 7.05 Å². The number of nitrogens with zero attached hydrogens (tertiary/aromatic N) is 7. The van der Waals surface area contributed by atoms with E-state index in [0.717, 1.165) is 11.3 Å². The van der Waals surface area contributed by atoms with Crippen molar-refractivity contribution in [3.05, 3.63) is 18.2 Å². The molecule has 31 heavy (non-hydrogen) atoms. The minimum atomic E-state index is -5.40. The lowest BCUT2D eigenvalue weighted by Crippen LogP contribution is -2.40. The summed E-state index contributed by atoms with van der Waals surface area (Å²) < 4.78 is 71.4. The molecule has 0 aliphatic carbocycles. The molecule has 1 saturated heterocycles. The number of rotatable bonds is 5. The summed E-state index contributed by atoms with van der Waals surface area (Å²) in [5.41, 5.74) is -2.82. The van der Waals surface area contributed by atoms with E-state index in [-0.39, 0.29) is 18.8 Å². The molecule has 10 nitrogen and oxygen atoms in total. The van der Waals surface area contributed by atoms with Crippen LogP contribution in [-0.2, 0) is 23.6 Å². The number of halogens is 3. The maximum atomic E-state index is 12.8. The second-order valence-electron chi connectivity index (χ2n) is 7.14. The van der Waals surface area contributed by atoms with Gasteiger partial charge in [-0.15, -0.1) is 0 Å². The second-order valence-corrected chi connectivity index (χ2v) is 9.07. The van der Waals surface area contributed by atoms with Crippen LogP contribution in [0.25, 0.3) is 22.6 Å². The fraction of sp³-hybridized carbons (Fsp3) is 0.529. The highest BCUT2D eigenvalue weighted by Gasteiger charge is 2.52. The van der Waals surface area contributed by atoms with E-state index in [9.17, 15) is 21.6 Å². The van der Waals surface area contributed by atoms with Crippen molar-refractivity contribution in [2.75, 3.05) is 13.1 Å². The Labute approximate surface area is 175 Å². The van der Waals surface area contributed by atoms with Crippen molar-refractivity contribution >= 4 is 21.2 Å². The van der Waals surface area contributed by atoms with Crippen LogP contribution in [0.1, 0.15) is 19.0 Å². The first-order chi connectivity index (χ1) is 14.5. The van der Waals surface area contributed by atoms with Gasteiger partial charge in [0.15, 0.2) is 11.2 Å². The van der Waals surface area contributed by atoms with Crippen molar-refractivity contribution < 1.29 is 26.3 Å². The molecule has 0 N–H and O–H groups in total. The monoisotopic (exact) mass is 459 g/mol. The van der Waals surface area contributed by atoms with E-state index in [1.54, 1.807) is 17.8 Å². The number of hydrogen-bond donors (Lipinski definition) is 0. The van der Waals surface area contributed by atoms with Crippen molar-refractivity contribution in [1.82, 2.24) is 33.6 Å². The third-order valence-corrected chi connectivity index (χ3v) is 6.88. The number of alkyl halides is 3. The Morgan fingerprint density at radius 3 is 2.68 bits per heavy atom. The molecule has 168 valence electrons. The SMILES string of the molecule is CCn1ncc(-c2nc3c(O[C@H]4CCN(S(=O)(=O)C(F)(F)F)C4)ncnc3n2C)c1C. The Hall–Kier alpha value is -2.74. The number of imidazole rings is 1. The molecular formula is C17H20F3N7O3S. The van der Waals surface area contributed by atoms with Crippen LogP contribution in [0.15, 0.2) is 12.5 Å². The van der Waals surface area contributed by atoms with Crippen LogP contribution in [0.5, 0.6) is 5.88 Å². The predicted molar refractivity (Wildman–Crippen MR) is 104 cm³/mol. The third-order valence-electron chi connectivity index (χ3n) is 5.28. The maximum absolute atomic E-state index is 12.8. The Morgan fingerprint density at radius 1 is 1.29 bits per heavy atom. The zero-order valence-corrected chi connectivity index (χ0v) is 17.8. The van der Waals surface area contributed by atoms with Gasteiger partial charge in [0, 0.05) is 25.8 Å². The van der Waals surface area contributed by atoms with Gasteiger partial charge < -0.3 is 9.30 Å². The zero-order chi connectivity index (χ0) is 22.6. The van der Waals surface area contributed by atoms with Gasteiger partial charge in [0.05, 0.1) is 18.3 Å². The van der Waals surface area contributed by atoms with Crippen LogP contribution >= 0.6 is 0 Å². The average molecular weight is 459 g/mol. The van der Waals surface area contributed by atoms with Crippen LogP contribution < -0.4 is 4.74 Å². The van der Waals surface area contributed by atoms with E-state index < -0.39 is 28.2 Å². The predicted octanol–water partition coefficient (Wildman–Crippen LogP) is 1.86. The fourth-order valence-electron chi connectivity index (χ4n) is 3.61. The van der Waals surface area contributed by atoms with E-state index in [2.05, 4.69) is 20.1 Å². The summed E-state index contributed by atoms with van der Waals surface area (Å²) in [6.45, 7) is 3.88. The van der Waals surface area contributed by atoms with Crippen LogP contribution in [0, 0.1) is 6.92 Å². The summed E-state index contributed by atoms with van der Waals surface area (Å²) in [4.78, 5) is 12.9. The first-order valence-electron chi connectivity index (χ1n) is 9.47.